The van der Waals surface area contributed by atoms with Gasteiger partial charge in [0.2, 0.25) is 5.91 Å². The summed E-state index contributed by atoms with van der Waals surface area (Å²) >= 11 is 5.63. The predicted octanol–water partition coefficient (Wildman–Crippen LogP) is 2.92. The molecule has 18 heavy (non-hydrogen) atoms. The van der Waals surface area contributed by atoms with Crippen LogP contribution in [0.15, 0.2) is 18.2 Å². The van der Waals surface area contributed by atoms with Gasteiger partial charge in [-0.3, -0.25) is 9.59 Å². The van der Waals surface area contributed by atoms with E-state index in [2.05, 4.69) is 5.32 Å². The number of rotatable bonds is 4. The molecule has 0 bridgehead atoms. The van der Waals surface area contributed by atoms with Gasteiger partial charge < -0.3 is 10.4 Å². The van der Waals surface area contributed by atoms with Crippen molar-refractivity contribution < 1.29 is 19.1 Å². The van der Waals surface area contributed by atoms with Crippen molar-refractivity contribution in [3.63, 3.8) is 0 Å². The first-order valence-electron chi connectivity index (χ1n) is 5.20. The van der Waals surface area contributed by atoms with Crippen LogP contribution < -0.4 is 5.32 Å². The number of amides is 1. The van der Waals surface area contributed by atoms with Gasteiger partial charge in [-0.25, -0.2) is 4.39 Å². The fraction of sp³-hybridized carbons (Fsp3) is 0.333. The Morgan fingerprint density at radius 2 is 2.00 bits per heavy atom. The summed E-state index contributed by atoms with van der Waals surface area (Å²) in [5.74, 6) is -2.16. The second kappa shape index (κ2) is 5.35. The molecule has 0 heterocycles. The van der Waals surface area contributed by atoms with Gasteiger partial charge in [0.05, 0.1) is 5.41 Å². The highest BCUT2D eigenvalue weighted by atomic mass is 35.5. The lowest BCUT2D eigenvalue weighted by Crippen LogP contribution is -2.29. The average molecular weight is 274 g/mol. The van der Waals surface area contributed by atoms with Crippen LogP contribution in [-0.4, -0.2) is 17.0 Å². The fourth-order valence-corrected chi connectivity index (χ4v) is 1.53. The van der Waals surface area contributed by atoms with Gasteiger partial charge in [0, 0.05) is 17.1 Å². The normalized spacial score (nSPS) is 11.1. The van der Waals surface area contributed by atoms with Crippen LogP contribution in [0.25, 0.3) is 0 Å². The Balaban J connectivity index is 2.73. The average Bonchev–Trinajstić information content (AvgIpc) is 2.13. The molecule has 6 heteroatoms. The monoisotopic (exact) mass is 273 g/mol. The molecular formula is C12H13ClFNO3. The Kier molecular flexibility index (Phi) is 4.29. The molecule has 0 radical (unpaired) electrons. The molecule has 1 rings (SSSR count). The van der Waals surface area contributed by atoms with Gasteiger partial charge in [-0.15, -0.1) is 0 Å². The van der Waals surface area contributed by atoms with Crippen molar-refractivity contribution in [1.29, 1.82) is 0 Å². The van der Waals surface area contributed by atoms with Crippen molar-refractivity contribution in [1.82, 2.24) is 0 Å². The number of carboxylic acid groups (broad SMARTS) is 1. The van der Waals surface area contributed by atoms with E-state index >= 15 is 0 Å². The van der Waals surface area contributed by atoms with Crippen molar-refractivity contribution in [2.45, 2.75) is 20.3 Å². The number of carbonyl (C=O) groups excluding carboxylic acids is 1. The molecule has 0 atom stereocenters. The van der Waals surface area contributed by atoms with Gasteiger partial charge in [0.15, 0.2) is 0 Å². The van der Waals surface area contributed by atoms with Crippen LogP contribution in [0, 0.1) is 11.2 Å². The second-order valence-electron chi connectivity index (χ2n) is 4.57. The molecule has 1 aromatic carbocycles. The van der Waals surface area contributed by atoms with Crippen LogP contribution in [-0.2, 0) is 9.59 Å². The summed E-state index contributed by atoms with van der Waals surface area (Å²) in [6.07, 6.45) is -0.212. The smallest absolute Gasteiger partial charge is 0.309 e. The van der Waals surface area contributed by atoms with Crippen LogP contribution in [0.1, 0.15) is 20.3 Å². The molecule has 0 spiro atoms. The van der Waals surface area contributed by atoms with Crippen LogP contribution >= 0.6 is 11.6 Å². The molecule has 98 valence electrons. The van der Waals surface area contributed by atoms with E-state index in [1.54, 1.807) is 0 Å². The zero-order valence-electron chi connectivity index (χ0n) is 9.96. The van der Waals surface area contributed by atoms with Crippen LogP contribution in [0.5, 0.6) is 0 Å². The van der Waals surface area contributed by atoms with E-state index in [-0.39, 0.29) is 17.1 Å². The van der Waals surface area contributed by atoms with E-state index < -0.39 is 23.1 Å². The highest BCUT2D eigenvalue weighted by Gasteiger charge is 2.30. The van der Waals surface area contributed by atoms with Crippen molar-refractivity contribution in [2.75, 3.05) is 5.32 Å². The molecule has 0 aliphatic carbocycles. The molecule has 1 aromatic rings. The summed E-state index contributed by atoms with van der Waals surface area (Å²) in [5, 5.41) is 11.4. The van der Waals surface area contributed by atoms with Gasteiger partial charge in [0.1, 0.15) is 5.82 Å². The molecule has 0 fully saturated rings. The van der Waals surface area contributed by atoms with Crippen LogP contribution in [0.3, 0.4) is 0 Å². The quantitative estimate of drug-likeness (QED) is 0.886. The Bertz CT molecular complexity index is 468. The summed E-state index contributed by atoms with van der Waals surface area (Å²) in [5.41, 5.74) is -0.979. The number of halogens is 2. The molecule has 0 aliphatic rings. The largest absolute Gasteiger partial charge is 0.481 e. The van der Waals surface area contributed by atoms with Crippen molar-refractivity contribution >= 4 is 29.2 Å². The fourth-order valence-electron chi connectivity index (χ4n) is 1.31. The van der Waals surface area contributed by atoms with E-state index in [1.807, 2.05) is 0 Å². The highest BCUT2D eigenvalue weighted by molar-refractivity contribution is 6.30. The lowest BCUT2D eigenvalue weighted by atomic mass is 9.89. The maximum absolute atomic E-state index is 13.0. The molecule has 2 N–H and O–H groups in total. The SMILES string of the molecule is CC(C)(CC(=O)Nc1cc(F)cc(Cl)c1)C(=O)O. The van der Waals surface area contributed by atoms with E-state index in [4.69, 9.17) is 16.7 Å². The molecule has 0 saturated carbocycles. The molecule has 0 aromatic heterocycles. The molecule has 4 nitrogen and oxygen atoms in total. The number of hydrogen-bond acceptors (Lipinski definition) is 2. The first-order valence-corrected chi connectivity index (χ1v) is 5.58. The van der Waals surface area contributed by atoms with Gasteiger partial charge >= 0.3 is 5.97 Å². The number of hydrogen-bond donors (Lipinski definition) is 2. The third kappa shape index (κ3) is 4.00. The first-order chi connectivity index (χ1) is 8.20. The Morgan fingerprint density at radius 1 is 1.39 bits per heavy atom. The molecule has 1 amide bonds. The number of carbonyl (C=O) groups is 2. The summed E-state index contributed by atoms with van der Waals surface area (Å²) in [6.45, 7) is 2.88. The summed E-state index contributed by atoms with van der Waals surface area (Å²) in [7, 11) is 0. The summed E-state index contributed by atoms with van der Waals surface area (Å²) in [6, 6.07) is 3.60. The minimum Gasteiger partial charge on any atom is -0.481 e. The third-order valence-electron chi connectivity index (χ3n) is 2.33. The van der Waals surface area contributed by atoms with Gasteiger partial charge in [-0.1, -0.05) is 11.6 Å². The summed E-state index contributed by atoms with van der Waals surface area (Å²) < 4.78 is 13.0. The lowest BCUT2D eigenvalue weighted by molar-refractivity contribution is -0.148. The summed E-state index contributed by atoms with van der Waals surface area (Å²) in [4.78, 5) is 22.5. The maximum Gasteiger partial charge on any atom is 0.309 e. The minimum absolute atomic E-state index is 0.155. The number of aliphatic carboxylic acids is 1. The van der Waals surface area contributed by atoms with Gasteiger partial charge in [-0.05, 0) is 32.0 Å². The van der Waals surface area contributed by atoms with Gasteiger partial charge in [0.25, 0.3) is 0 Å². The van der Waals surface area contributed by atoms with Crippen LogP contribution in [0.2, 0.25) is 5.02 Å². The molecule has 0 unspecified atom stereocenters. The second-order valence-corrected chi connectivity index (χ2v) is 5.01. The maximum atomic E-state index is 13.0. The Labute approximate surface area is 109 Å². The molecule has 0 aliphatic heterocycles. The van der Waals surface area contributed by atoms with Crippen molar-refractivity contribution in [2.24, 2.45) is 5.41 Å². The van der Waals surface area contributed by atoms with E-state index in [1.165, 1.54) is 19.9 Å². The van der Waals surface area contributed by atoms with E-state index in [9.17, 15) is 14.0 Å². The number of anilines is 1. The van der Waals surface area contributed by atoms with Crippen LogP contribution in [0.4, 0.5) is 10.1 Å². The molecular weight excluding hydrogens is 261 g/mol. The Hall–Kier alpha value is -1.62. The zero-order chi connectivity index (χ0) is 13.9. The van der Waals surface area contributed by atoms with E-state index in [0.29, 0.717) is 0 Å². The predicted molar refractivity (Wildman–Crippen MR) is 66.1 cm³/mol. The zero-order valence-corrected chi connectivity index (χ0v) is 10.7. The molecule has 0 saturated heterocycles. The van der Waals surface area contributed by atoms with Crippen molar-refractivity contribution in [3.8, 4) is 0 Å². The number of nitrogens with one attached hydrogen (secondary N) is 1. The van der Waals surface area contributed by atoms with Gasteiger partial charge in [-0.2, -0.15) is 0 Å². The first kappa shape index (κ1) is 14.4. The lowest BCUT2D eigenvalue weighted by Gasteiger charge is -2.18. The standard InChI is InChI=1S/C12H13ClFNO3/c1-12(2,11(17)18)6-10(16)15-9-4-7(13)3-8(14)5-9/h3-5H,6H2,1-2H3,(H,15,16)(H,17,18). The van der Waals surface area contributed by atoms with E-state index in [0.717, 1.165) is 12.1 Å². The Morgan fingerprint density at radius 3 is 2.50 bits per heavy atom. The third-order valence-corrected chi connectivity index (χ3v) is 2.55. The van der Waals surface area contributed by atoms with Crippen molar-refractivity contribution in [3.05, 3.63) is 29.0 Å². The number of benzene rings is 1. The minimum atomic E-state index is -1.18. The number of carboxylic acids is 1. The highest BCUT2D eigenvalue weighted by Crippen LogP contribution is 2.23. The topological polar surface area (TPSA) is 66.4 Å².